The summed E-state index contributed by atoms with van der Waals surface area (Å²) >= 11 is 0. The molecule has 2 aliphatic heterocycles. The lowest BCUT2D eigenvalue weighted by molar-refractivity contribution is -0.0457. The first kappa shape index (κ1) is 20.3. The van der Waals surface area contributed by atoms with Crippen LogP contribution in [0.4, 0.5) is 4.39 Å². The highest BCUT2D eigenvalue weighted by atomic mass is 32.2. The number of rotatable bonds is 3. The molecule has 0 radical (unpaired) electrons. The molecule has 0 aliphatic carbocycles. The first-order valence-corrected chi connectivity index (χ1v) is 11.1. The number of hydrogen-bond donors (Lipinski definition) is 1. The maximum atomic E-state index is 13.4. The largest absolute Gasteiger partial charge is 0.373 e. The average Bonchev–Trinajstić information content (AvgIpc) is 3.10. The Hall–Kier alpha value is -2.01. The number of ether oxygens (including phenoxy) is 1. The van der Waals surface area contributed by atoms with Crippen molar-refractivity contribution in [3.05, 3.63) is 35.8 Å². The molecule has 8 nitrogen and oxygen atoms in total. The van der Waals surface area contributed by atoms with Crippen molar-refractivity contribution in [2.24, 2.45) is 0 Å². The number of hydrogen-bond acceptors (Lipinski definition) is 4. The van der Waals surface area contributed by atoms with E-state index in [-0.39, 0.29) is 37.0 Å². The molecule has 10 heteroatoms. The minimum atomic E-state index is -3.59. The monoisotopic (exact) mass is 424 g/mol. The Bertz CT molecular complexity index is 1010. The van der Waals surface area contributed by atoms with Gasteiger partial charge in [-0.1, -0.05) is 0 Å². The maximum absolute atomic E-state index is 13.4. The number of H-pyrrole nitrogens is 1. The number of carbonyl (C=O) groups is 1. The number of amides is 1. The molecule has 4 rings (SSSR count). The van der Waals surface area contributed by atoms with Gasteiger partial charge >= 0.3 is 0 Å². The van der Waals surface area contributed by atoms with Crippen LogP contribution < -0.4 is 0 Å². The zero-order valence-electron chi connectivity index (χ0n) is 16.5. The summed E-state index contributed by atoms with van der Waals surface area (Å²) in [5.74, 6) is -0.576. The average molecular weight is 424 g/mol. The molecule has 2 fully saturated rings. The molecule has 3 heterocycles. The summed E-state index contributed by atoms with van der Waals surface area (Å²) in [6, 6.07) is 5.93. The third-order valence-electron chi connectivity index (χ3n) is 5.38. The second-order valence-electron chi connectivity index (χ2n) is 7.69. The van der Waals surface area contributed by atoms with Gasteiger partial charge in [0, 0.05) is 50.2 Å². The van der Waals surface area contributed by atoms with E-state index >= 15 is 0 Å². The standard InChI is InChI=1S/C19H25FN4O4S/c1-13-11-24(12-14(2)28-13)29(26,27)23-7-5-22(6-8-23)19(25)18-10-15-9-16(20)3-4-17(15)21-18/h3-4,9-10,13-14,21H,5-8,11-12H2,1-2H3/t13-,14+. The molecule has 0 spiro atoms. The number of carbonyl (C=O) groups excluding carboxylic acids is 1. The van der Waals surface area contributed by atoms with Crippen LogP contribution in [-0.2, 0) is 14.9 Å². The van der Waals surface area contributed by atoms with Gasteiger partial charge in [0.05, 0.1) is 12.2 Å². The predicted octanol–water partition coefficient (Wildman–Crippen LogP) is 1.42. The first-order valence-electron chi connectivity index (χ1n) is 9.72. The van der Waals surface area contributed by atoms with Crippen molar-refractivity contribution in [1.82, 2.24) is 18.5 Å². The van der Waals surface area contributed by atoms with Gasteiger partial charge in [-0.05, 0) is 38.1 Å². The van der Waals surface area contributed by atoms with Crippen LogP contribution in [0.15, 0.2) is 24.3 Å². The molecular formula is C19H25FN4O4S. The summed E-state index contributed by atoms with van der Waals surface area (Å²) < 4.78 is 47.9. The van der Waals surface area contributed by atoms with Crippen LogP contribution >= 0.6 is 0 Å². The van der Waals surface area contributed by atoms with E-state index in [1.54, 1.807) is 17.0 Å². The zero-order chi connectivity index (χ0) is 20.8. The number of nitrogens with zero attached hydrogens (tertiary/aromatic N) is 3. The quantitative estimate of drug-likeness (QED) is 0.808. The minimum Gasteiger partial charge on any atom is -0.373 e. The number of piperazine rings is 1. The highest BCUT2D eigenvalue weighted by Gasteiger charge is 2.37. The fraction of sp³-hybridized carbons (Fsp3) is 0.526. The van der Waals surface area contributed by atoms with E-state index in [2.05, 4.69) is 4.98 Å². The fourth-order valence-electron chi connectivity index (χ4n) is 3.99. The van der Waals surface area contributed by atoms with Crippen LogP contribution in [0, 0.1) is 5.82 Å². The third-order valence-corrected chi connectivity index (χ3v) is 7.35. The maximum Gasteiger partial charge on any atom is 0.282 e. The molecular weight excluding hydrogens is 399 g/mol. The van der Waals surface area contributed by atoms with Crippen LogP contribution in [0.3, 0.4) is 0 Å². The molecule has 1 aromatic heterocycles. The summed E-state index contributed by atoms with van der Waals surface area (Å²) in [5, 5.41) is 0.630. The number of aromatic nitrogens is 1. The van der Waals surface area contributed by atoms with Crippen LogP contribution in [0.2, 0.25) is 0 Å². The smallest absolute Gasteiger partial charge is 0.282 e. The number of fused-ring (bicyclic) bond motifs is 1. The normalized spacial score (nSPS) is 24.9. The minimum absolute atomic E-state index is 0.150. The van der Waals surface area contributed by atoms with E-state index in [9.17, 15) is 17.6 Å². The van der Waals surface area contributed by atoms with Crippen molar-refractivity contribution in [2.75, 3.05) is 39.3 Å². The Labute approximate surface area is 169 Å². The Morgan fingerprint density at radius 1 is 1.07 bits per heavy atom. The fourth-order valence-corrected chi connectivity index (χ4v) is 5.74. The molecule has 2 atom stereocenters. The lowest BCUT2D eigenvalue weighted by Gasteiger charge is -2.40. The van der Waals surface area contributed by atoms with E-state index in [0.717, 1.165) is 0 Å². The zero-order valence-corrected chi connectivity index (χ0v) is 17.3. The highest BCUT2D eigenvalue weighted by Crippen LogP contribution is 2.21. The van der Waals surface area contributed by atoms with Crippen molar-refractivity contribution in [3.8, 4) is 0 Å². The van der Waals surface area contributed by atoms with E-state index < -0.39 is 10.2 Å². The van der Waals surface area contributed by atoms with Gasteiger partial charge in [-0.3, -0.25) is 4.79 Å². The number of nitrogens with one attached hydrogen (secondary N) is 1. The van der Waals surface area contributed by atoms with Gasteiger partial charge < -0.3 is 14.6 Å². The topological polar surface area (TPSA) is 86.0 Å². The van der Waals surface area contributed by atoms with Gasteiger partial charge in [0.25, 0.3) is 16.1 Å². The highest BCUT2D eigenvalue weighted by molar-refractivity contribution is 7.86. The van der Waals surface area contributed by atoms with Crippen molar-refractivity contribution < 1.29 is 22.3 Å². The molecule has 29 heavy (non-hydrogen) atoms. The number of morpholine rings is 1. The van der Waals surface area contributed by atoms with E-state index in [0.29, 0.717) is 42.8 Å². The summed E-state index contributed by atoms with van der Waals surface area (Å²) in [5.41, 5.74) is 1.06. The van der Waals surface area contributed by atoms with Gasteiger partial charge in [0.1, 0.15) is 11.5 Å². The first-order chi connectivity index (χ1) is 13.7. The van der Waals surface area contributed by atoms with Crippen molar-refractivity contribution in [1.29, 1.82) is 0 Å². The third kappa shape index (κ3) is 4.02. The van der Waals surface area contributed by atoms with E-state index in [4.69, 9.17) is 4.74 Å². The second-order valence-corrected chi connectivity index (χ2v) is 9.62. The van der Waals surface area contributed by atoms with Crippen LogP contribution in [0.25, 0.3) is 10.9 Å². The molecule has 158 valence electrons. The van der Waals surface area contributed by atoms with Gasteiger partial charge in [-0.15, -0.1) is 0 Å². The molecule has 2 aliphatic rings. The summed E-state index contributed by atoms with van der Waals surface area (Å²) in [6.45, 7) is 5.47. The Kier molecular flexibility index (Phi) is 5.36. The van der Waals surface area contributed by atoms with Gasteiger partial charge in [0.15, 0.2) is 0 Å². The van der Waals surface area contributed by atoms with Crippen LogP contribution in [-0.4, -0.2) is 84.3 Å². The second kappa shape index (κ2) is 7.67. The van der Waals surface area contributed by atoms with E-state index in [1.807, 2.05) is 13.8 Å². The Morgan fingerprint density at radius 3 is 2.38 bits per heavy atom. The molecule has 1 N–H and O–H groups in total. The summed E-state index contributed by atoms with van der Waals surface area (Å²) in [6.07, 6.45) is -0.300. The molecule has 2 aromatic rings. The Morgan fingerprint density at radius 2 is 1.72 bits per heavy atom. The molecule has 2 saturated heterocycles. The predicted molar refractivity (Wildman–Crippen MR) is 106 cm³/mol. The van der Waals surface area contributed by atoms with Gasteiger partial charge in [-0.2, -0.15) is 17.0 Å². The Balaban J connectivity index is 1.42. The van der Waals surface area contributed by atoms with Gasteiger partial charge in [0.2, 0.25) is 0 Å². The molecule has 0 saturated carbocycles. The molecule has 1 aromatic carbocycles. The molecule has 0 unspecified atom stereocenters. The van der Waals surface area contributed by atoms with Crippen LogP contribution in [0.5, 0.6) is 0 Å². The van der Waals surface area contributed by atoms with Crippen molar-refractivity contribution in [3.63, 3.8) is 0 Å². The van der Waals surface area contributed by atoms with E-state index in [1.165, 1.54) is 20.7 Å². The lowest BCUT2D eigenvalue weighted by atomic mass is 10.2. The van der Waals surface area contributed by atoms with Gasteiger partial charge in [-0.25, -0.2) is 4.39 Å². The number of halogens is 1. The summed E-state index contributed by atoms with van der Waals surface area (Å²) in [4.78, 5) is 17.4. The van der Waals surface area contributed by atoms with Crippen molar-refractivity contribution in [2.45, 2.75) is 26.1 Å². The van der Waals surface area contributed by atoms with Crippen molar-refractivity contribution >= 4 is 27.0 Å². The SMILES string of the molecule is C[C@@H]1CN(S(=O)(=O)N2CCN(C(=O)c3cc4cc(F)ccc4[nH]3)CC2)C[C@H](C)O1. The van der Waals surface area contributed by atoms with Crippen LogP contribution in [0.1, 0.15) is 24.3 Å². The molecule has 1 amide bonds. The molecule has 0 bridgehead atoms. The summed E-state index contributed by atoms with van der Waals surface area (Å²) in [7, 11) is -3.59. The number of aromatic amines is 1. The lowest BCUT2D eigenvalue weighted by Crippen LogP contribution is -2.57. The number of benzene rings is 1.